The highest BCUT2D eigenvalue weighted by atomic mass is 32.2. The summed E-state index contributed by atoms with van der Waals surface area (Å²) in [7, 11) is 0. The second kappa shape index (κ2) is 6.21. The lowest BCUT2D eigenvalue weighted by Gasteiger charge is -2.42. The fourth-order valence-corrected chi connectivity index (χ4v) is 5.01. The molecule has 0 saturated heterocycles. The molecular formula is C22H26O2S. The summed E-state index contributed by atoms with van der Waals surface area (Å²) in [6.45, 7) is 11.3. The van der Waals surface area contributed by atoms with Crippen molar-refractivity contribution in [1.82, 2.24) is 0 Å². The van der Waals surface area contributed by atoms with Crippen LogP contribution in [0.1, 0.15) is 67.6 Å². The molecule has 0 fully saturated rings. The van der Waals surface area contributed by atoms with Crippen molar-refractivity contribution in [2.24, 2.45) is 0 Å². The van der Waals surface area contributed by atoms with Gasteiger partial charge >= 0.3 is 5.97 Å². The largest absolute Gasteiger partial charge is 0.478 e. The lowest BCUT2D eigenvalue weighted by molar-refractivity contribution is 0.0696. The summed E-state index contributed by atoms with van der Waals surface area (Å²) >= 11 is 1.76. The zero-order valence-corrected chi connectivity index (χ0v) is 16.5. The summed E-state index contributed by atoms with van der Waals surface area (Å²) in [6, 6.07) is 12.0. The van der Waals surface area contributed by atoms with Gasteiger partial charge in [-0.15, -0.1) is 0 Å². The number of rotatable bonds is 3. The molecule has 0 aromatic heterocycles. The molecule has 25 heavy (non-hydrogen) atoms. The molecule has 0 heterocycles. The molecule has 0 bridgehead atoms. The van der Waals surface area contributed by atoms with Gasteiger partial charge in [0.2, 0.25) is 0 Å². The van der Waals surface area contributed by atoms with E-state index in [1.54, 1.807) is 23.9 Å². The van der Waals surface area contributed by atoms with Gasteiger partial charge in [-0.05, 0) is 71.6 Å². The van der Waals surface area contributed by atoms with Gasteiger partial charge in [-0.25, -0.2) is 4.79 Å². The number of aryl methyl sites for hydroxylation is 1. The Morgan fingerprint density at radius 2 is 1.68 bits per heavy atom. The molecule has 1 N–H and O–H groups in total. The number of carboxylic acid groups (broad SMARTS) is 1. The molecule has 1 aliphatic carbocycles. The molecule has 1 aliphatic rings. The minimum absolute atomic E-state index is 0.156. The minimum Gasteiger partial charge on any atom is -0.478 e. The van der Waals surface area contributed by atoms with Crippen LogP contribution in [0.4, 0.5) is 0 Å². The first-order chi connectivity index (χ1) is 11.6. The van der Waals surface area contributed by atoms with Crippen LogP contribution in [0.2, 0.25) is 0 Å². The number of carbonyl (C=O) groups is 1. The summed E-state index contributed by atoms with van der Waals surface area (Å²) < 4.78 is 0. The van der Waals surface area contributed by atoms with Crippen molar-refractivity contribution in [3.05, 3.63) is 58.7 Å². The van der Waals surface area contributed by atoms with E-state index < -0.39 is 5.97 Å². The third-order valence-corrected chi connectivity index (χ3v) is 6.69. The standard InChI is InChI=1S/C22H26O2S/c1-14-13-15(20(23)24)9-10-17(14)25-18-8-6-7-16-19(18)22(4,5)12-11-21(16,2)3/h6-10,13H,11-12H2,1-5H3,(H,23,24). The van der Waals surface area contributed by atoms with E-state index in [-0.39, 0.29) is 10.8 Å². The second-order valence-electron chi connectivity index (χ2n) is 8.33. The highest BCUT2D eigenvalue weighted by Crippen LogP contribution is 2.50. The minimum atomic E-state index is -0.875. The van der Waals surface area contributed by atoms with E-state index in [4.69, 9.17) is 5.11 Å². The number of carboxylic acids is 1. The van der Waals surface area contributed by atoms with Gasteiger partial charge in [-0.1, -0.05) is 51.6 Å². The number of benzene rings is 2. The van der Waals surface area contributed by atoms with Crippen molar-refractivity contribution >= 4 is 17.7 Å². The van der Waals surface area contributed by atoms with Gasteiger partial charge in [0.15, 0.2) is 0 Å². The molecule has 132 valence electrons. The fourth-order valence-electron chi connectivity index (χ4n) is 3.78. The van der Waals surface area contributed by atoms with Gasteiger partial charge < -0.3 is 5.11 Å². The van der Waals surface area contributed by atoms with Gasteiger partial charge in [0.1, 0.15) is 0 Å². The van der Waals surface area contributed by atoms with Gasteiger partial charge in [0.25, 0.3) is 0 Å². The molecule has 0 amide bonds. The predicted molar refractivity (Wildman–Crippen MR) is 104 cm³/mol. The lowest BCUT2D eigenvalue weighted by Crippen LogP contribution is -2.34. The summed E-state index contributed by atoms with van der Waals surface area (Å²) in [5.74, 6) is -0.875. The molecule has 0 unspecified atom stereocenters. The van der Waals surface area contributed by atoms with E-state index in [2.05, 4.69) is 45.9 Å². The number of hydrogen-bond donors (Lipinski definition) is 1. The average molecular weight is 355 g/mol. The normalized spacial score (nSPS) is 17.8. The fraction of sp³-hybridized carbons (Fsp3) is 0.409. The van der Waals surface area contributed by atoms with Crippen LogP contribution in [-0.4, -0.2) is 11.1 Å². The van der Waals surface area contributed by atoms with Crippen molar-refractivity contribution in [2.45, 2.75) is 68.1 Å². The van der Waals surface area contributed by atoms with Crippen LogP contribution in [0.15, 0.2) is 46.2 Å². The molecule has 2 nitrogen and oxygen atoms in total. The van der Waals surface area contributed by atoms with E-state index in [0.29, 0.717) is 5.56 Å². The Morgan fingerprint density at radius 1 is 1.00 bits per heavy atom. The average Bonchev–Trinajstić information content (AvgIpc) is 2.53. The Morgan fingerprint density at radius 3 is 2.32 bits per heavy atom. The van der Waals surface area contributed by atoms with E-state index in [1.807, 2.05) is 13.0 Å². The summed E-state index contributed by atoms with van der Waals surface area (Å²) in [6.07, 6.45) is 2.38. The van der Waals surface area contributed by atoms with Gasteiger partial charge in [-0.2, -0.15) is 0 Å². The van der Waals surface area contributed by atoms with Crippen LogP contribution in [0.5, 0.6) is 0 Å². The maximum absolute atomic E-state index is 11.2. The van der Waals surface area contributed by atoms with E-state index >= 15 is 0 Å². The zero-order chi connectivity index (χ0) is 18.4. The molecule has 0 spiro atoms. The Bertz CT molecular complexity index is 834. The second-order valence-corrected chi connectivity index (χ2v) is 9.42. The van der Waals surface area contributed by atoms with Crippen LogP contribution in [-0.2, 0) is 10.8 Å². The van der Waals surface area contributed by atoms with E-state index in [0.717, 1.165) is 10.5 Å². The summed E-state index contributed by atoms with van der Waals surface area (Å²) in [4.78, 5) is 13.6. The maximum Gasteiger partial charge on any atom is 0.335 e. The van der Waals surface area contributed by atoms with Gasteiger partial charge in [0.05, 0.1) is 5.56 Å². The van der Waals surface area contributed by atoms with Crippen molar-refractivity contribution in [3.8, 4) is 0 Å². The Balaban J connectivity index is 2.07. The number of hydrogen-bond acceptors (Lipinski definition) is 2. The highest BCUT2D eigenvalue weighted by molar-refractivity contribution is 7.99. The van der Waals surface area contributed by atoms with Crippen molar-refractivity contribution in [2.75, 3.05) is 0 Å². The van der Waals surface area contributed by atoms with Crippen LogP contribution < -0.4 is 0 Å². The van der Waals surface area contributed by atoms with Crippen molar-refractivity contribution in [3.63, 3.8) is 0 Å². The Labute approximate surface area is 154 Å². The highest BCUT2D eigenvalue weighted by Gasteiger charge is 2.38. The topological polar surface area (TPSA) is 37.3 Å². The SMILES string of the molecule is Cc1cc(C(=O)O)ccc1Sc1cccc2c1C(C)(C)CCC2(C)C. The quantitative estimate of drug-likeness (QED) is 0.713. The van der Waals surface area contributed by atoms with Crippen molar-refractivity contribution < 1.29 is 9.90 Å². The molecular weight excluding hydrogens is 328 g/mol. The van der Waals surface area contributed by atoms with Gasteiger partial charge in [-0.3, -0.25) is 0 Å². The lowest BCUT2D eigenvalue weighted by atomic mass is 9.63. The van der Waals surface area contributed by atoms with Crippen LogP contribution in [0.3, 0.4) is 0 Å². The summed E-state index contributed by atoms with van der Waals surface area (Å²) in [5, 5.41) is 9.17. The first kappa shape index (κ1) is 18.1. The first-order valence-corrected chi connectivity index (χ1v) is 9.59. The molecule has 2 aromatic carbocycles. The van der Waals surface area contributed by atoms with Crippen LogP contribution >= 0.6 is 11.8 Å². The van der Waals surface area contributed by atoms with Gasteiger partial charge in [0, 0.05) is 9.79 Å². The zero-order valence-electron chi connectivity index (χ0n) is 15.6. The monoisotopic (exact) mass is 354 g/mol. The molecule has 3 heteroatoms. The van der Waals surface area contributed by atoms with E-state index in [9.17, 15) is 4.79 Å². The molecule has 0 aliphatic heterocycles. The number of aromatic carboxylic acids is 1. The Hall–Kier alpha value is -1.74. The molecule has 0 radical (unpaired) electrons. The number of fused-ring (bicyclic) bond motifs is 1. The molecule has 3 rings (SSSR count). The van der Waals surface area contributed by atoms with E-state index in [1.165, 1.54) is 28.9 Å². The third kappa shape index (κ3) is 3.35. The Kier molecular flexibility index (Phi) is 4.48. The maximum atomic E-state index is 11.2. The first-order valence-electron chi connectivity index (χ1n) is 8.78. The third-order valence-electron chi connectivity index (χ3n) is 5.45. The van der Waals surface area contributed by atoms with Crippen LogP contribution in [0.25, 0.3) is 0 Å². The predicted octanol–water partition coefficient (Wildman–Crippen LogP) is 6.19. The van der Waals surface area contributed by atoms with Crippen molar-refractivity contribution in [1.29, 1.82) is 0 Å². The molecule has 0 atom stereocenters. The smallest absolute Gasteiger partial charge is 0.335 e. The molecule has 2 aromatic rings. The van der Waals surface area contributed by atoms with Crippen LogP contribution in [0, 0.1) is 6.92 Å². The molecule has 0 saturated carbocycles. The summed E-state index contributed by atoms with van der Waals surface area (Å²) in [5.41, 5.74) is 4.62.